The first-order valence-electron chi connectivity index (χ1n) is 9.42. The van der Waals surface area contributed by atoms with Crippen molar-refractivity contribution in [3.8, 4) is 0 Å². The molecule has 27 heavy (non-hydrogen) atoms. The first-order chi connectivity index (χ1) is 13.2. The van der Waals surface area contributed by atoms with Gasteiger partial charge in [0.05, 0.1) is 19.6 Å². The van der Waals surface area contributed by atoms with Gasteiger partial charge in [0, 0.05) is 50.1 Å². The lowest BCUT2D eigenvalue weighted by molar-refractivity contribution is -0.131. The molecule has 0 saturated carbocycles. The third kappa shape index (κ3) is 6.61. The maximum atomic E-state index is 12.9. The van der Waals surface area contributed by atoms with Gasteiger partial charge in [-0.25, -0.2) is 0 Å². The minimum atomic E-state index is 0.135. The maximum absolute atomic E-state index is 12.9. The van der Waals surface area contributed by atoms with Crippen LogP contribution in [0.3, 0.4) is 0 Å². The molecule has 0 radical (unpaired) electrons. The van der Waals surface area contributed by atoms with Crippen molar-refractivity contribution in [2.24, 2.45) is 0 Å². The smallest absolute Gasteiger partial charge is 0.227 e. The molecule has 2 heterocycles. The minimum absolute atomic E-state index is 0.135. The molecule has 3 rings (SSSR count). The summed E-state index contributed by atoms with van der Waals surface area (Å²) < 4.78 is 5.40. The van der Waals surface area contributed by atoms with Crippen LogP contribution >= 0.6 is 11.6 Å². The lowest BCUT2D eigenvalue weighted by Crippen LogP contribution is -2.39. The predicted molar refractivity (Wildman–Crippen MR) is 107 cm³/mol. The molecule has 0 spiro atoms. The Morgan fingerprint density at radius 1 is 1.07 bits per heavy atom. The number of hydrogen-bond donors (Lipinski definition) is 0. The topological polar surface area (TPSA) is 45.7 Å². The Labute approximate surface area is 165 Å². The summed E-state index contributed by atoms with van der Waals surface area (Å²) in [6.45, 7) is 5.90. The van der Waals surface area contributed by atoms with Crippen molar-refractivity contribution in [2.75, 3.05) is 39.4 Å². The number of nitrogens with zero attached hydrogens (tertiary/aromatic N) is 3. The number of hydrogen-bond acceptors (Lipinski definition) is 4. The Morgan fingerprint density at radius 2 is 1.78 bits per heavy atom. The Kier molecular flexibility index (Phi) is 7.63. The summed E-state index contributed by atoms with van der Waals surface area (Å²) in [5, 5.41) is 0.686. The molecule has 0 aliphatic carbocycles. The Hall–Kier alpha value is -1.95. The summed E-state index contributed by atoms with van der Waals surface area (Å²) in [4.78, 5) is 21.3. The van der Waals surface area contributed by atoms with Crippen molar-refractivity contribution >= 4 is 17.5 Å². The van der Waals surface area contributed by atoms with Gasteiger partial charge in [-0.05, 0) is 41.8 Å². The Balaban J connectivity index is 1.59. The SMILES string of the molecule is O=C(Cc1ccc(Cl)cc1)N(CCCN1CCOCC1)Cc1ccncc1. The van der Waals surface area contributed by atoms with Crippen LogP contribution in [0.2, 0.25) is 5.02 Å². The number of amides is 1. The highest BCUT2D eigenvalue weighted by atomic mass is 35.5. The zero-order valence-electron chi connectivity index (χ0n) is 15.5. The minimum Gasteiger partial charge on any atom is -0.379 e. The van der Waals surface area contributed by atoms with Crippen LogP contribution in [-0.4, -0.2) is 60.1 Å². The second-order valence-electron chi connectivity index (χ2n) is 6.78. The molecule has 144 valence electrons. The van der Waals surface area contributed by atoms with Gasteiger partial charge in [0.25, 0.3) is 0 Å². The number of benzene rings is 1. The van der Waals surface area contributed by atoms with E-state index in [2.05, 4.69) is 9.88 Å². The summed E-state index contributed by atoms with van der Waals surface area (Å²) in [5.74, 6) is 0.135. The van der Waals surface area contributed by atoms with Gasteiger partial charge >= 0.3 is 0 Å². The van der Waals surface area contributed by atoms with E-state index in [0.29, 0.717) is 18.0 Å². The fourth-order valence-electron chi connectivity index (χ4n) is 3.20. The van der Waals surface area contributed by atoms with Crippen molar-refractivity contribution in [3.05, 3.63) is 64.9 Å². The lowest BCUT2D eigenvalue weighted by atomic mass is 10.1. The van der Waals surface area contributed by atoms with Gasteiger partial charge in [-0.3, -0.25) is 14.7 Å². The number of pyridine rings is 1. The summed E-state index contributed by atoms with van der Waals surface area (Å²) in [6, 6.07) is 11.4. The van der Waals surface area contributed by atoms with E-state index in [9.17, 15) is 4.79 Å². The van der Waals surface area contributed by atoms with E-state index < -0.39 is 0 Å². The molecular weight excluding hydrogens is 362 g/mol. The second kappa shape index (κ2) is 10.4. The van der Waals surface area contributed by atoms with E-state index in [1.165, 1.54) is 0 Å². The normalized spacial score (nSPS) is 14.9. The molecule has 1 fully saturated rings. The van der Waals surface area contributed by atoms with Gasteiger partial charge in [-0.15, -0.1) is 0 Å². The molecule has 0 N–H and O–H groups in total. The highest BCUT2D eigenvalue weighted by molar-refractivity contribution is 6.30. The maximum Gasteiger partial charge on any atom is 0.227 e. The number of morpholine rings is 1. The number of rotatable bonds is 8. The standard InChI is InChI=1S/C21H26ClN3O2/c22-20-4-2-18(3-5-20)16-21(26)25(17-19-6-8-23-9-7-19)11-1-10-24-12-14-27-15-13-24/h2-9H,1,10-17H2. The van der Waals surface area contributed by atoms with E-state index in [0.717, 1.165) is 56.9 Å². The molecule has 0 unspecified atom stereocenters. The monoisotopic (exact) mass is 387 g/mol. The first-order valence-corrected chi connectivity index (χ1v) is 9.80. The lowest BCUT2D eigenvalue weighted by Gasteiger charge is -2.28. The van der Waals surface area contributed by atoms with Crippen LogP contribution in [0.25, 0.3) is 0 Å². The average molecular weight is 388 g/mol. The number of carbonyl (C=O) groups is 1. The molecule has 1 aliphatic rings. The molecule has 1 aliphatic heterocycles. The zero-order chi connectivity index (χ0) is 18.9. The Morgan fingerprint density at radius 3 is 2.48 bits per heavy atom. The van der Waals surface area contributed by atoms with E-state index in [1.54, 1.807) is 12.4 Å². The highest BCUT2D eigenvalue weighted by Crippen LogP contribution is 2.13. The summed E-state index contributed by atoms with van der Waals surface area (Å²) >= 11 is 5.95. The molecule has 1 saturated heterocycles. The summed E-state index contributed by atoms with van der Waals surface area (Å²) in [5.41, 5.74) is 2.08. The molecule has 0 bridgehead atoms. The zero-order valence-corrected chi connectivity index (χ0v) is 16.3. The Bertz CT molecular complexity index is 703. The number of ether oxygens (including phenoxy) is 1. The van der Waals surface area contributed by atoms with Crippen LogP contribution in [0.1, 0.15) is 17.5 Å². The van der Waals surface area contributed by atoms with E-state index in [-0.39, 0.29) is 5.91 Å². The largest absolute Gasteiger partial charge is 0.379 e. The van der Waals surface area contributed by atoms with Gasteiger partial charge in [-0.2, -0.15) is 0 Å². The molecular formula is C21H26ClN3O2. The molecule has 1 aromatic heterocycles. The molecule has 0 atom stereocenters. The van der Waals surface area contributed by atoms with E-state index >= 15 is 0 Å². The van der Waals surface area contributed by atoms with Crippen LogP contribution in [-0.2, 0) is 22.5 Å². The van der Waals surface area contributed by atoms with E-state index in [1.807, 2.05) is 41.3 Å². The van der Waals surface area contributed by atoms with Gasteiger partial charge in [-0.1, -0.05) is 23.7 Å². The van der Waals surface area contributed by atoms with Crippen molar-refractivity contribution in [2.45, 2.75) is 19.4 Å². The number of carbonyl (C=O) groups excluding carboxylic acids is 1. The average Bonchev–Trinajstić information content (AvgIpc) is 2.70. The van der Waals surface area contributed by atoms with Gasteiger partial charge in [0.1, 0.15) is 0 Å². The number of halogens is 1. The van der Waals surface area contributed by atoms with E-state index in [4.69, 9.17) is 16.3 Å². The predicted octanol–water partition coefficient (Wildman–Crippen LogP) is 3.03. The third-order valence-electron chi connectivity index (χ3n) is 4.75. The molecule has 5 nitrogen and oxygen atoms in total. The van der Waals surface area contributed by atoms with Crippen molar-refractivity contribution in [1.29, 1.82) is 0 Å². The fourth-order valence-corrected chi connectivity index (χ4v) is 3.33. The quantitative estimate of drug-likeness (QED) is 0.698. The van der Waals surface area contributed by atoms with Crippen LogP contribution in [0.15, 0.2) is 48.8 Å². The van der Waals surface area contributed by atoms with Crippen LogP contribution in [0.5, 0.6) is 0 Å². The summed E-state index contributed by atoms with van der Waals surface area (Å²) in [7, 11) is 0. The van der Waals surface area contributed by atoms with Crippen molar-refractivity contribution < 1.29 is 9.53 Å². The van der Waals surface area contributed by atoms with Crippen LogP contribution in [0.4, 0.5) is 0 Å². The second-order valence-corrected chi connectivity index (χ2v) is 7.22. The van der Waals surface area contributed by atoms with Crippen molar-refractivity contribution in [1.82, 2.24) is 14.8 Å². The van der Waals surface area contributed by atoms with Crippen LogP contribution < -0.4 is 0 Å². The number of aromatic nitrogens is 1. The van der Waals surface area contributed by atoms with Crippen molar-refractivity contribution in [3.63, 3.8) is 0 Å². The molecule has 6 heteroatoms. The highest BCUT2D eigenvalue weighted by Gasteiger charge is 2.16. The van der Waals surface area contributed by atoms with Crippen LogP contribution in [0, 0.1) is 0 Å². The molecule has 1 aromatic carbocycles. The first kappa shape index (κ1) is 19.8. The van der Waals surface area contributed by atoms with Gasteiger partial charge < -0.3 is 9.64 Å². The molecule has 1 amide bonds. The summed E-state index contributed by atoms with van der Waals surface area (Å²) in [6.07, 6.45) is 4.88. The molecule has 2 aromatic rings. The fraction of sp³-hybridized carbons (Fsp3) is 0.429. The van der Waals surface area contributed by atoms with Gasteiger partial charge in [0.2, 0.25) is 5.91 Å². The third-order valence-corrected chi connectivity index (χ3v) is 5.00. The van der Waals surface area contributed by atoms with Gasteiger partial charge in [0.15, 0.2) is 0 Å².